The first-order valence-corrected chi connectivity index (χ1v) is 6.71. The summed E-state index contributed by atoms with van der Waals surface area (Å²) in [5.74, 6) is -0.852. The third-order valence-corrected chi connectivity index (χ3v) is 4.56. The summed E-state index contributed by atoms with van der Waals surface area (Å²) in [5, 5.41) is 19.0. The maximum Gasteiger partial charge on any atom is 0.233 e. The van der Waals surface area contributed by atoms with Crippen molar-refractivity contribution in [2.45, 2.75) is 44.6 Å². The Morgan fingerprint density at radius 3 is 1.89 bits per heavy atom. The Kier molecular flexibility index (Phi) is 3.73. The lowest BCUT2D eigenvalue weighted by Gasteiger charge is -2.37. The molecule has 1 saturated heterocycles. The quantitative estimate of drug-likeness (QED) is 0.708. The summed E-state index contributed by atoms with van der Waals surface area (Å²) >= 11 is 0. The fourth-order valence-corrected chi connectivity index (χ4v) is 3.20. The number of hydrogen-bond acceptors (Lipinski definition) is 4. The average Bonchev–Trinajstić information content (AvgIpc) is 2.67. The molecule has 1 heterocycles. The number of aliphatic hydroxyl groups is 2. The van der Waals surface area contributed by atoms with Gasteiger partial charge in [0.05, 0.1) is 30.6 Å². The Hall–Kier alpha value is -0.940. The van der Waals surface area contributed by atoms with E-state index in [1.54, 1.807) is 6.92 Å². The van der Waals surface area contributed by atoms with Crippen molar-refractivity contribution < 1.29 is 19.8 Å². The molecule has 1 aliphatic heterocycles. The van der Waals surface area contributed by atoms with Crippen molar-refractivity contribution in [1.29, 1.82) is 0 Å². The minimum Gasteiger partial charge on any atom is -0.394 e. The van der Waals surface area contributed by atoms with Crippen molar-refractivity contribution in [3.05, 3.63) is 0 Å². The maximum atomic E-state index is 12.4. The van der Waals surface area contributed by atoms with Crippen LogP contribution < -0.4 is 0 Å². The molecule has 0 aromatic carbocycles. The largest absolute Gasteiger partial charge is 0.394 e. The van der Waals surface area contributed by atoms with E-state index in [0.29, 0.717) is 6.42 Å². The van der Waals surface area contributed by atoms with Crippen molar-refractivity contribution in [2.75, 3.05) is 13.2 Å². The van der Waals surface area contributed by atoms with Gasteiger partial charge in [0.1, 0.15) is 0 Å². The van der Waals surface area contributed by atoms with Crippen LogP contribution in [0.4, 0.5) is 0 Å². The molecule has 1 aliphatic carbocycles. The standard InChI is InChI=1S/C13H21NO4/c1-2-13(7-15,8-16)14-11(17)9-5-3-4-6-10(9)12(14)18/h9-10,15-16H,2-8H2,1H3. The molecule has 5 nitrogen and oxygen atoms in total. The Morgan fingerprint density at radius 1 is 1.11 bits per heavy atom. The topological polar surface area (TPSA) is 77.8 Å². The molecular formula is C13H21NO4. The zero-order valence-corrected chi connectivity index (χ0v) is 10.8. The van der Waals surface area contributed by atoms with E-state index in [-0.39, 0.29) is 36.9 Å². The molecule has 2 amide bonds. The highest BCUT2D eigenvalue weighted by Crippen LogP contribution is 2.41. The Morgan fingerprint density at radius 2 is 1.56 bits per heavy atom. The van der Waals surface area contributed by atoms with Crippen LogP contribution in [0.1, 0.15) is 39.0 Å². The maximum absolute atomic E-state index is 12.4. The number of nitrogens with zero attached hydrogens (tertiary/aromatic N) is 1. The summed E-state index contributed by atoms with van der Waals surface area (Å²) < 4.78 is 0. The molecule has 5 heteroatoms. The third-order valence-electron chi connectivity index (χ3n) is 4.56. The molecule has 1 saturated carbocycles. The van der Waals surface area contributed by atoms with E-state index < -0.39 is 5.54 Å². The van der Waals surface area contributed by atoms with Gasteiger partial charge in [0, 0.05) is 0 Å². The van der Waals surface area contributed by atoms with Crippen molar-refractivity contribution in [3.8, 4) is 0 Å². The van der Waals surface area contributed by atoms with Gasteiger partial charge in [-0.1, -0.05) is 19.8 Å². The fourth-order valence-electron chi connectivity index (χ4n) is 3.20. The van der Waals surface area contributed by atoms with Gasteiger partial charge in [0.2, 0.25) is 11.8 Å². The zero-order valence-electron chi connectivity index (χ0n) is 10.8. The van der Waals surface area contributed by atoms with E-state index in [0.717, 1.165) is 30.6 Å². The Labute approximate surface area is 107 Å². The van der Waals surface area contributed by atoms with Crippen LogP contribution in [0.5, 0.6) is 0 Å². The normalized spacial score (nSPS) is 28.7. The molecule has 2 N–H and O–H groups in total. The van der Waals surface area contributed by atoms with E-state index in [4.69, 9.17) is 0 Å². The number of rotatable bonds is 4. The van der Waals surface area contributed by atoms with Crippen molar-refractivity contribution >= 4 is 11.8 Å². The molecular weight excluding hydrogens is 234 g/mol. The van der Waals surface area contributed by atoms with Crippen molar-refractivity contribution in [3.63, 3.8) is 0 Å². The van der Waals surface area contributed by atoms with Gasteiger partial charge in [-0.05, 0) is 19.3 Å². The van der Waals surface area contributed by atoms with E-state index in [1.807, 2.05) is 0 Å². The molecule has 2 unspecified atom stereocenters. The highest BCUT2D eigenvalue weighted by molar-refractivity contribution is 6.06. The monoisotopic (exact) mass is 255 g/mol. The van der Waals surface area contributed by atoms with Gasteiger partial charge in [0.25, 0.3) is 0 Å². The number of likely N-dealkylation sites (tertiary alicyclic amines) is 1. The second-order valence-electron chi connectivity index (χ2n) is 5.40. The number of imide groups is 1. The summed E-state index contributed by atoms with van der Waals surface area (Å²) in [4.78, 5) is 25.9. The fraction of sp³-hybridized carbons (Fsp3) is 0.846. The van der Waals surface area contributed by atoms with Crippen molar-refractivity contribution in [1.82, 2.24) is 4.90 Å². The summed E-state index contributed by atoms with van der Waals surface area (Å²) in [6.07, 6.45) is 3.83. The lowest BCUT2D eigenvalue weighted by Crippen LogP contribution is -2.57. The van der Waals surface area contributed by atoms with E-state index in [1.165, 1.54) is 0 Å². The van der Waals surface area contributed by atoms with Crippen LogP contribution in [0, 0.1) is 11.8 Å². The molecule has 0 bridgehead atoms. The van der Waals surface area contributed by atoms with Gasteiger partial charge in [-0.25, -0.2) is 0 Å². The summed E-state index contributed by atoms with van der Waals surface area (Å²) in [6, 6.07) is 0. The number of carbonyl (C=O) groups is 2. The van der Waals surface area contributed by atoms with Gasteiger partial charge in [-0.2, -0.15) is 0 Å². The number of aliphatic hydroxyl groups excluding tert-OH is 2. The van der Waals surface area contributed by atoms with Crippen LogP contribution in [0.2, 0.25) is 0 Å². The SMILES string of the molecule is CCC(CO)(CO)N1C(=O)C2CCCCC2C1=O. The first-order valence-electron chi connectivity index (χ1n) is 6.71. The first-order chi connectivity index (χ1) is 8.61. The first kappa shape index (κ1) is 13.5. The minimum atomic E-state index is -1.12. The molecule has 0 aromatic rings. The van der Waals surface area contributed by atoms with Crippen LogP contribution in [0.25, 0.3) is 0 Å². The second kappa shape index (κ2) is 4.97. The van der Waals surface area contributed by atoms with Gasteiger partial charge >= 0.3 is 0 Å². The van der Waals surface area contributed by atoms with Gasteiger partial charge < -0.3 is 10.2 Å². The molecule has 102 valence electrons. The highest BCUT2D eigenvalue weighted by atomic mass is 16.3. The number of fused-ring (bicyclic) bond motifs is 1. The second-order valence-corrected chi connectivity index (χ2v) is 5.40. The van der Waals surface area contributed by atoms with Crippen molar-refractivity contribution in [2.24, 2.45) is 11.8 Å². The summed E-state index contributed by atoms with van der Waals surface area (Å²) in [7, 11) is 0. The van der Waals surface area contributed by atoms with Gasteiger partial charge in [-0.15, -0.1) is 0 Å². The van der Waals surface area contributed by atoms with E-state index in [2.05, 4.69) is 0 Å². The number of hydrogen-bond donors (Lipinski definition) is 2. The molecule has 2 atom stereocenters. The zero-order chi connectivity index (χ0) is 13.3. The van der Waals surface area contributed by atoms with Crippen LogP contribution in [-0.4, -0.2) is 45.7 Å². The smallest absolute Gasteiger partial charge is 0.233 e. The van der Waals surface area contributed by atoms with Gasteiger partial charge in [0.15, 0.2) is 0 Å². The van der Waals surface area contributed by atoms with E-state index in [9.17, 15) is 19.8 Å². The lowest BCUT2D eigenvalue weighted by molar-refractivity contribution is -0.152. The third kappa shape index (κ3) is 1.77. The molecule has 18 heavy (non-hydrogen) atoms. The predicted molar refractivity (Wildman–Crippen MR) is 64.5 cm³/mol. The van der Waals surface area contributed by atoms with Gasteiger partial charge in [-0.3, -0.25) is 14.5 Å². The molecule has 0 aromatic heterocycles. The Balaban J connectivity index is 2.33. The van der Waals surface area contributed by atoms with E-state index >= 15 is 0 Å². The van der Waals surface area contributed by atoms with Crippen LogP contribution in [0.15, 0.2) is 0 Å². The molecule has 0 spiro atoms. The molecule has 2 rings (SSSR count). The number of amides is 2. The highest BCUT2D eigenvalue weighted by Gasteiger charge is 2.54. The summed E-state index contributed by atoms with van der Waals surface area (Å²) in [5.41, 5.74) is -1.12. The Bertz CT molecular complexity index is 319. The number of carbonyl (C=O) groups excluding carboxylic acids is 2. The van der Waals surface area contributed by atoms with Crippen LogP contribution in [-0.2, 0) is 9.59 Å². The minimum absolute atomic E-state index is 0.199. The van der Waals surface area contributed by atoms with Crippen LogP contribution in [0.3, 0.4) is 0 Å². The molecule has 2 aliphatic rings. The predicted octanol–water partition coefficient (Wildman–Crippen LogP) is 0.295. The summed E-state index contributed by atoms with van der Waals surface area (Å²) in [6.45, 7) is 1.02. The molecule has 2 fully saturated rings. The molecule has 0 radical (unpaired) electrons. The lowest BCUT2D eigenvalue weighted by atomic mass is 9.81. The average molecular weight is 255 g/mol. The van der Waals surface area contributed by atoms with Crippen LogP contribution >= 0.6 is 0 Å².